The summed E-state index contributed by atoms with van der Waals surface area (Å²) in [6, 6.07) is 0.225. The molecule has 2 heterocycles. The van der Waals surface area contributed by atoms with Gasteiger partial charge in [-0.05, 0) is 25.8 Å². The topological polar surface area (TPSA) is 69.4 Å². The van der Waals surface area contributed by atoms with Gasteiger partial charge in [0.2, 0.25) is 5.89 Å². The molecule has 1 aromatic heterocycles. The largest absolute Gasteiger partial charge is 0.383 e. The maximum atomic E-state index is 5.38. The molecule has 1 N–H and O–H groups in total. The zero-order valence-corrected chi connectivity index (χ0v) is 12.4. The Balaban J connectivity index is 1.89. The Morgan fingerprint density at radius 2 is 2.20 bits per heavy atom. The monoisotopic (exact) mass is 283 g/mol. The summed E-state index contributed by atoms with van der Waals surface area (Å²) in [6.45, 7) is 5.34. The Morgan fingerprint density at radius 1 is 1.40 bits per heavy atom. The van der Waals surface area contributed by atoms with Crippen molar-refractivity contribution in [1.82, 2.24) is 15.5 Å². The SMILES string of the molecule is CCCNC(COC)Cc1nc(C2CCOCC2)no1. The van der Waals surface area contributed by atoms with Crippen LogP contribution in [0.4, 0.5) is 0 Å². The number of hydrogen-bond acceptors (Lipinski definition) is 6. The first kappa shape index (κ1) is 15.4. The molecule has 6 heteroatoms. The molecule has 1 aliphatic rings. The van der Waals surface area contributed by atoms with Crippen molar-refractivity contribution in [3.8, 4) is 0 Å². The number of methoxy groups -OCH3 is 1. The van der Waals surface area contributed by atoms with Crippen LogP contribution in [0, 0.1) is 0 Å². The average Bonchev–Trinajstić information content (AvgIpc) is 2.94. The van der Waals surface area contributed by atoms with E-state index in [0.717, 1.165) is 44.8 Å². The Kier molecular flexibility index (Phi) is 6.42. The molecule has 1 aliphatic heterocycles. The Bertz CT molecular complexity index is 377. The molecule has 1 unspecified atom stereocenters. The summed E-state index contributed by atoms with van der Waals surface area (Å²) in [7, 11) is 1.71. The van der Waals surface area contributed by atoms with E-state index in [2.05, 4.69) is 22.4 Å². The predicted molar refractivity (Wildman–Crippen MR) is 74.8 cm³/mol. The number of nitrogens with zero attached hydrogens (tertiary/aromatic N) is 2. The van der Waals surface area contributed by atoms with Crippen LogP contribution in [0.5, 0.6) is 0 Å². The van der Waals surface area contributed by atoms with E-state index in [9.17, 15) is 0 Å². The van der Waals surface area contributed by atoms with Gasteiger partial charge >= 0.3 is 0 Å². The molecule has 1 fully saturated rings. The van der Waals surface area contributed by atoms with Gasteiger partial charge in [0.1, 0.15) is 0 Å². The van der Waals surface area contributed by atoms with Gasteiger partial charge in [-0.25, -0.2) is 0 Å². The Labute approximate surface area is 120 Å². The summed E-state index contributed by atoms with van der Waals surface area (Å²) in [4.78, 5) is 4.54. The van der Waals surface area contributed by atoms with Crippen LogP contribution < -0.4 is 5.32 Å². The van der Waals surface area contributed by atoms with Crippen molar-refractivity contribution in [3.05, 3.63) is 11.7 Å². The highest BCUT2D eigenvalue weighted by atomic mass is 16.5. The highest BCUT2D eigenvalue weighted by molar-refractivity contribution is 4.97. The lowest BCUT2D eigenvalue weighted by Gasteiger charge is -2.18. The van der Waals surface area contributed by atoms with Gasteiger partial charge < -0.3 is 19.3 Å². The van der Waals surface area contributed by atoms with Gasteiger partial charge in [-0.1, -0.05) is 12.1 Å². The molecule has 0 spiro atoms. The Hall–Kier alpha value is -0.980. The molecule has 0 aromatic carbocycles. The lowest BCUT2D eigenvalue weighted by molar-refractivity contribution is 0.0830. The average molecular weight is 283 g/mol. The Morgan fingerprint density at radius 3 is 2.90 bits per heavy atom. The summed E-state index contributed by atoms with van der Waals surface area (Å²) in [5.74, 6) is 1.90. The van der Waals surface area contributed by atoms with Crippen LogP contribution in [0.2, 0.25) is 0 Å². The molecule has 1 aromatic rings. The van der Waals surface area contributed by atoms with E-state index in [0.29, 0.717) is 24.8 Å². The van der Waals surface area contributed by atoms with Crippen molar-refractivity contribution in [1.29, 1.82) is 0 Å². The van der Waals surface area contributed by atoms with Gasteiger partial charge in [0.15, 0.2) is 5.82 Å². The molecule has 0 aliphatic carbocycles. The minimum absolute atomic E-state index is 0.225. The molecule has 20 heavy (non-hydrogen) atoms. The van der Waals surface area contributed by atoms with Crippen LogP contribution in [0.25, 0.3) is 0 Å². The molecule has 1 atom stereocenters. The fourth-order valence-electron chi connectivity index (χ4n) is 2.42. The zero-order valence-electron chi connectivity index (χ0n) is 12.4. The molecular formula is C14H25N3O3. The van der Waals surface area contributed by atoms with Gasteiger partial charge in [0.25, 0.3) is 0 Å². The number of hydrogen-bond donors (Lipinski definition) is 1. The smallest absolute Gasteiger partial charge is 0.228 e. The number of nitrogens with one attached hydrogen (secondary N) is 1. The fourth-order valence-corrected chi connectivity index (χ4v) is 2.42. The van der Waals surface area contributed by atoms with Crippen LogP contribution in [-0.4, -0.2) is 49.7 Å². The second kappa shape index (κ2) is 8.34. The van der Waals surface area contributed by atoms with E-state index >= 15 is 0 Å². The predicted octanol–water partition coefficient (Wildman–Crippen LogP) is 1.52. The first-order valence-electron chi connectivity index (χ1n) is 7.46. The molecule has 1 saturated heterocycles. The molecule has 6 nitrogen and oxygen atoms in total. The third-order valence-electron chi connectivity index (χ3n) is 3.54. The number of aromatic nitrogens is 2. The second-order valence-electron chi connectivity index (χ2n) is 5.24. The summed E-state index contributed by atoms with van der Waals surface area (Å²) >= 11 is 0. The minimum Gasteiger partial charge on any atom is -0.383 e. The van der Waals surface area contributed by atoms with Crippen molar-refractivity contribution in [2.75, 3.05) is 33.5 Å². The van der Waals surface area contributed by atoms with Crippen LogP contribution in [0.3, 0.4) is 0 Å². The van der Waals surface area contributed by atoms with Gasteiger partial charge in [-0.2, -0.15) is 4.98 Å². The van der Waals surface area contributed by atoms with Gasteiger partial charge in [-0.3, -0.25) is 0 Å². The maximum Gasteiger partial charge on any atom is 0.228 e. The lowest BCUT2D eigenvalue weighted by atomic mass is 10.00. The van der Waals surface area contributed by atoms with Crippen molar-refractivity contribution < 1.29 is 14.0 Å². The van der Waals surface area contributed by atoms with Crippen LogP contribution >= 0.6 is 0 Å². The van der Waals surface area contributed by atoms with Gasteiger partial charge in [-0.15, -0.1) is 0 Å². The summed E-state index contributed by atoms with van der Waals surface area (Å²) in [5, 5.41) is 7.56. The van der Waals surface area contributed by atoms with Crippen molar-refractivity contribution >= 4 is 0 Å². The van der Waals surface area contributed by atoms with Gasteiger partial charge in [0.05, 0.1) is 6.61 Å². The van der Waals surface area contributed by atoms with E-state index in [1.54, 1.807) is 7.11 Å². The second-order valence-corrected chi connectivity index (χ2v) is 5.24. The third-order valence-corrected chi connectivity index (χ3v) is 3.54. The lowest BCUT2D eigenvalue weighted by Crippen LogP contribution is -2.35. The molecule has 0 saturated carbocycles. The number of ether oxygens (including phenoxy) is 2. The van der Waals surface area contributed by atoms with Gasteiger partial charge in [0, 0.05) is 38.7 Å². The molecule has 2 rings (SSSR count). The van der Waals surface area contributed by atoms with E-state index < -0.39 is 0 Å². The normalized spacial score (nSPS) is 18.3. The van der Waals surface area contributed by atoms with Crippen molar-refractivity contribution in [2.45, 2.75) is 44.6 Å². The molecule has 114 valence electrons. The number of rotatable bonds is 8. The first-order valence-corrected chi connectivity index (χ1v) is 7.46. The van der Waals surface area contributed by atoms with E-state index in [1.165, 1.54) is 0 Å². The maximum absolute atomic E-state index is 5.38. The first-order chi connectivity index (χ1) is 9.83. The van der Waals surface area contributed by atoms with Crippen LogP contribution in [-0.2, 0) is 15.9 Å². The van der Waals surface area contributed by atoms with Crippen molar-refractivity contribution in [3.63, 3.8) is 0 Å². The zero-order chi connectivity index (χ0) is 14.2. The molecule has 0 radical (unpaired) electrons. The summed E-state index contributed by atoms with van der Waals surface area (Å²) < 4.78 is 16.0. The van der Waals surface area contributed by atoms with Crippen LogP contribution in [0.15, 0.2) is 4.52 Å². The third kappa shape index (κ3) is 4.54. The molecule has 0 amide bonds. The highest BCUT2D eigenvalue weighted by Crippen LogP contribution is 2.24. The fraction of sp³-hybridized carbons (Fsp3) is 0.857. The van der Waals surface area contributed by atoms with Crippen LogP contribution in [0.1, 0.15) is 43.8 Å². The van der Waals surface area contributed by atoms with E-state index in [4.69, 9.17) is 14.0 Å². The summed E-state index contributed by atoms with van der Waals surface area (Å²) in [5.41, 5.74) is 0. The molecular weight excluding hydrogens is 258 g/mol. The van der Waals surface area contributed by atoms with Crippen molar-refractivity contribution in [2.24, 2.45) is 0 Å². The minimum atomic E-state index is 0.225. The summed E-state index contributed by atoms with van der Waals surface area (Å²) in [6.07, 6.45) is 3.77. The molecule has 0 bridgehead atoms. The quantitative estimate of drug-likeness (QED) is 0.780. The standard InChI is InChI=1S/C14H25N3O3/c1-3-6-15-12(10-18-2)9-13-16-14(17-20-13)11-4-7-19-8-5-11/h11-12,15H,3-10H2,1-2H3. The van der Waals surface area contributed by atoms with E-state index in [1.807, 2.05) is 0 Å². The highest BCUT2D eigenvalue weighted by Gasteiger charge is 2.22. The van der Waals surface area contributed by atoms with E-state index in [-0.39, 0.29) is 6.04 Å².